The quantitative estimate of drug-likeness (QED) is 0.499. The molecule has 0 aliphatic rings. The fourth-order valence-electron chi connectivity index (χ4n) is 0.114. The molecule has 0 saturated carbocycles. The van der Waals surface area contributed by atoms with Crippen molar-refractivity contribution in [1.82, 2.24) is 0 Å². The average molecular weight is 119 g/mol. The van der Waals surface area contributed by atoms with Crippen LogP contribution in [-0.4, -0.2) is 6.10 Å². The van der Waals surface area contributed by atoms with Crippen LogP contribution in [0.2, 0.25) is 0 Å². The van der Waals surface area contributed by atoms with Gasteiger partial charge >= 0.3 is 0 Å². The molecular formula is C3H6NO2P. The van der Waals surface area contributed by atoms with Gasteiger partial charge in [-0.3, -0.25) is 4.57 Å². The van der Waals surface area contributed by atoms with Gasteiger partial charge in [-0.25, -0.2) is 0 Å². The lowest BCUT2D eigenvalue weighted by molar-refractivity contribution is 0.302. The van der Waals surface area contributed by atoms with Crippen molar-refractivity contribution in [2.75, 3.05) is 0 Å². The normalized spacial score (nSPS) is 14.3. The Bertz CT molecular complexity index is 97.6. The second kappa shape index (κ2) is 3.86. The van der Waals surface area contributed by atoms with E-state index >= 15 is 0 Å². The van der Waals surface area contributed by atoms with Crippen molar-refractivity contribution >= 4 is 8.69 Å². The van der Waals surface area contributed by atoms with Gasteiger partial charge in [0.2, 0.25) is 0 Å². The van der Waals surface area contributed by atoms with Crippen LogP contribution in [0.4, 0.5) is 0 Å². The molecule has 2 unspecified atom stereocenters. The van der Waals surface area contributed by atoms with Crippen LogP contribution < -0.4 is 0 Å². The molecule has 0 bridgehead atoms. The summed E-state index contributed by atoms with van der Waals surface area (Å²) in [4.78, 5) is 0. The Labute approximate surface area is 43.2 Å². The summed E-state index contributed by atoms with van der Waals surface area (Å²) in [6.45, 7) is 1.55. The minimum atomic E-state index is -1.22. The molecule has 0 aromatic heterocycles. The Kier molecular flexibility index (Phi) is 3.68. The van der Waals surface area contributed by atoms with Crippen molar-refractivity contribution in [3.63, 3.8) is 0 Å². The maximum atomic E-state index is 9.61. The predicted octanol–water partition coefficient (Wildman–Crippen LogP) is 0.586. The zero-order valence-corrected chi connectivity index (χ0v) is 5.07. The molecule has 0 saturated heterocycles. The van der Waals surface area contributed by atoms with Crippen LogP contribution in [0.3, 0.4) is 0 Å². The number of hydrogen-bond acceptors (Lipinski definition) is 3. The number of hydrogen-bond donors (Lipinski definition) is 0. The number of nitriles is 1. The molecule has 40 valence electrons. The highest BCUT2D eigenvalue weighted by Crippen LogP contribution is 1.98. The van der Waals surface area contributed by atoms with E-state index in [9.17, 15) is 4.57 Å². The molecule has 0 spiro atoms. The van der Waals surface area contributed by atoms with E-state index in [-0.39, 0.29) is 0 Å². The number of rotatable bonds is 2. The van der Waals surface area contributed by atoms with Crippen LogP contribution >= 0.6 is 8.69 Å². The standard InChI is InChI=1S/C3H6NO2P/c1-3(2-4)6-7-5/h3H,7H2,1H3. The molecule has 4 heteroatoms. The summed E-state index contributed by atoms with van der Waals surface area (Å²) in [6.07, 6.45) is -0.521. The van der Waals surface area contributed by atoms with E-state index in [1.165, 1.54) is 0 Å². The third kappa shape index (κ3) is 3.51. The van der Waals surface area contributed by atoms with Crippen LogP contribution in [0, 0.1) is 11.3 Å². The minimum Gasteiger partial charge on any atom is -0.314 e. The summed E-state index contributed by atoms with van der Waals surface area (Å²) >= 11 is 0. The molecule has 0 aromatic rings. The highest BCUT2D eigenvalue weighted by Gasteiger charge is 1.91. The third-order valence-corrected chi connectivity index (χ3v) is 0.961. The van der Waals surface area contributed by atoms with Gasteiger partial charge < -0.3 is 4.52 Å². The van der Waals surface area contributed by atoms with Crippen molar-refractivity contribution in [2.24, 2.45) is 0 Å². The van der Waals surface area contributed by atoms with Gasteiger partial charge in [0.25, 0.3) is 0 Å². The molecule has 0 aliphatic carbocycles. The summed E-state index contributed by atoms with van der Waals surface area (Å²) < 4.78 is 14.0. The van der Waals surface area contributed by atoms with Gasteiger partial charge in [0, 0.05) is 0 Å². The molecule has 0 heterocycles. The topological polar surface area (TPSA) is 50.1 Å². The first kappa shape index (κ1) is 6.68. The Balaban J connectivity index is 3.21. The second-order valence-electron chi connectivity index (χ2n) is 1.00. The Morgan fingerprint density at radius 3 is 2.71 bits per heavy atom. The van der Waals surface area contributed by atoms with Crippen LogP contribution in [0.25, 0.3) is 0 Å². The van der Waals surface area contributed by atoms with Gasteiger partial charge in [-0.2, -0.15) is 5.26 Å². The maximum absolute atomic E-state index is 9.61. The molecule has 0 N–H and O–H groups in total. The summed E-state index contributed by atoms with van der Waals surface area (Å²) in [5.74, 6) is 0. The zero-order valence-electron chi connectivity index (χ0n) is 3.92. The first-order valence-corrected chi connectivity index (χ1v) is 2.74. The molecule has 0 amide bonds. The molecule has 0 rings (SSSR count). The van der Waals surface area contributed by atoms with Gasteiger partial charge in [0.15, 0.2) is 8.69 Å². The van der Waals surface area contributed by atoms with Crippen LogP contribution in [0.5, 0.6) is 0 Å². The van der Waals surface area contributed by atoms with Crippen molar-refractivity contribution in [2.45, 2.75) is 13.0 Å². The Morgan fingerprint density at radius 1 is 2.00 bits per heavy atom. The largest absolute Gasteiger partial charge is 0.314 e. The fourth-order valence-corrected chi connectivity index (χ4v) is 0.341. The van der Waals surface area contributed by atoms with Crippen molar-refractivity contribution in [1.29, 1.82) is 5.26 Å². The fraction of sp³-hybridized carbons (Fsp3) is 0.667. The predicted molar refractivity (Wildman–Crippen MR) is 26.6 cm³/mol. The molecular weight excluding hydrogens is 113 g/mol. The summed E-state index contributed by atoms with van der Waals surface area (Å²) in [5, 5.41) is 7.97. The van der Waals surface area contributed by atoms with E-state index < -0.39 is 14.8 Å². The molecule has 7 heavy (non-hydrogen) atoms. The molecule has 2 atom stereocenters. The molecule has 0 fully saturated rings. The molecule has 0 radical (unpaired) electrons. The maximum Gasteiger partial charge on any atom is 0.181 e. The van der Waals surface area contributed by atoms with Crippen molar-refractivity contribution in [3.05, 3.63) is 0 Å². The highest BCUT2D eigenvalue weighted by atomic mass is 31.1. The van der Waals surface area contributed by atoms with E-state index in [0.29, 0.717) is 0 Å². The molecule has 0 aromatic carbocycles. The van der Waals surface area contributed by atoms with Crippen molar-refractivity contribution in [3.8, 4) is 6.07 Å². The minimum absolute atomic E-state index is 0.521. The van der Waals surface area contributed by atoms with Gasteiger partial charge in [0.05, 0.1) is 6.07 Å². The lowest BCUT2D eigenvalue weighted by Gasteiger charge is -1.91. The third-order valence-electron chi connectivity index (χ3n) is 0.441. The van der Waals surface area contributed by atoms with Crippen LogP contribution in [0.15, 0.2) is 0 Å². The first-order chi connectivity index (χ1) is 3.31. The first-order valence-electron chi connectivity index (χ1n) is 1.80. The molecule has 0 aliphatic heterocycles. The van der Waals surface area contributed by atoms with Gasteiger partial charge in [-0.15, -0.1) is 0 Å². The van der Waals surface area contributed by atoms with Gasteiger partial charge in [0.1, 0.15) is 6.10 Å². The summed E-state index contributed by atoms with van der Waals surface area (Å²) in [5.41, 5.74) is 0. The smallest absolute Gasteiger partial charge is 0.181 e. The van der Waals surface area contributed by atoms with E-state index in [1.807, 2.05) is 0 Å². The molecule has 3 nitrogen and oxygen atoms in total. The summed E-state index contributed by atoms with van der Waals surface area (Å²) in [6, 6.07) is 1.76. The Hall–Kier alpha value is -0.320. The van der Waals surface area contributed by atoms with E-state index in [1.54, 1.807) is 13.0 Å². The van der Waals surface area contributed by atoms with Gasteiger partial charge in [-0.05, 0) is 6.92 Å². The number of nitrogens with zero attached hydrogens (tertiary/aromatic N) is 1. The van der Waals surface area contributed by atoms with Crippen LogP contribution in [0.1, 0.15) is 6.92 Å². The Morgan fingerprint density at radius 2 is 2.57 bits per heavy atom. The summed E-state index contributed by atoms with van der Waals surface area (Å²) in [7, 11) is -1.22. The second-order valence-corrected chi connectivity index (χ2v) is 1.47. The van der Waals surface area contributed by atoms with E-state index in [0.717, 1.165) is 0 Å². The zero-order chi connectivity index (χ0) is 5.70. The van der Waals surface area contributed by atoms with Crippen LogP contribution in [-0.2, 0) is 9.09 Å². The SMILES string of the molecule is CC(C#N)O[PH2]=O. The lowest BCUT2D eigenvalue weighted by Crippen LogP contribution is -1.93. The van der Waals surface area contributed by atoms with Gasteiger partial charge in [-0.1, -0.05) is 0 Å². The average Bonchev–Trinajstić information content (AvgIpc) is 1.68. The van der Waals surface area contributed by atoms with Crippen molar-refractivity contribution < 1.29 is 9.09 Å². The van der Waals surface area contributed by atoms with E-state index in [4.69, 9.17) is 5.26 Å². The van der Waals surface area contributed by atoms with E-state index in [2.05, 4.69) is 4.52 Å². The lowest BCUT2D eigenvalue weighted by atomic mass is 10.5. The monoisotopic (exact) mass is 119 g/mol. The highest BCUT2D eigenvalue weighted by molar-refractivity contribution is 7.17.